The van der Waals surface area contributed by atoms with Crippen molar-refractivity contribution in [1.29, 1.82) is 0 Å². The van der Waals surface area contributed by atoms with Crippen molar-refractivity contribution in [3.05, 3.63) is 0 Å². The lowest BCUT2D eigenvalue weighted by atomic mass is 9.97. The van der Waals surface area contributed by atoms with Crippen molar-refractivity contribution in [3.8, 4) is 0 Å². The quantitative estimate of drug-likeness (QED) is 0.166. The number of nitrogens with two attached hydrogens (primary N) is 1. The van der Waals surface area contributed by atoms with E-state index in [1.165, 1.54) is 0 Å². The number of carbonyl (C=O) groups excluding carboxylic acids is 3. The van der Waals surface area contributed by atoms with Gasteiger partial charge in [0.2, 0.25) is 17.7 Å². The summed E-state index contributed by atoms with van der Waals surface area (Å²) in [6, 6.07) is -4.80. The number of rotatable bonds is 14. The third kappa shape index (κ3) is 9.55. The van der Waals surface area contributed by atoms with Gasteiger partial charge in [-0.25, -0.2) is 4.79 Å². The molecule has 0 bridgehead atoms. The van der Waals surface area contributed by atoms with E-state index in [9.17, 15) is 24.0 Å². The van der Waals surface area contributed by atoms with E-state index in [4.69, 9.17) is 15.9 Å². The van der Waals surface area contributed by atoms with E-state index in [1.54, 1.807) is 20.8 Å². The van der Waals surface area contributed by atoms with Crippen LogP contribution in [0.5, 0.6) is 0 Å². The summed E-state index contributed by atoms with van der Waals surface area (Å²) in [5.41, 5.74) is 5.85. The minimum absolute atomic E-state index is 0.159. The minimum Gasteiger partial charge on any atom is -0.481 e. The monoisotopic (exact) mass is 462 g/mol. The maximum atomic E-state index is 12.8. The summed E-state index contributed by atoms with van der Waals surface area (Å²) in [5, 5.41) is 25.3. The van der Waals surface area contributed by atoms with Gasteiger partial charge >= 0.3 is 11.9 Å². The molecule has 12 heteroatoms. The molecule has 0 saturated heterocycles. The Hall–Kier alpha value is -2.34. The maximum absolute atomic E-state index is 12.8. The van der Waals surface area contributed by atoms with E-state index in [0.717, 1.165) is 0 Å². The zero-order chi connectivity index (χ0) is 24.3. The zero-order valence-corrected chi connectivity index (χ0v) is 19.1. The third-order valence-corrected chi connectivity index (χ3v) is 5.53. The number of hydrogen-bond donors (Lipinski definition) is 7. The van der Waals surface area contributed by atoms with Gasteiger partial charge in [-0.05, 0) is 11.8 Å². The number of nitrogens with one attached hydrogen (secondary N) is 3. The summed E-state index contributed by atoms with van der Waals surface area (Å²) in [5.74, 6) is -5.68. The molecule has 0 aromatic carbocycles. The van der Waals surface area contributed by atoms with E-state index in [1.807, 2.05) is 6.92 Å². The first-order valence-corrected chi connectivity index (χ1v) is 10.7. The Balaban J connectivity index is 5.53. The van der Waals surface area contributed by atoms with Gasteiger partial charge in [-0.3, -0.25) is 19.2 Å². The van der Waals surface area contributed by atoms with Crippen molar-refractivity contribution >= 4 is 42.3 Å². The average molecular weight is 463 g/mol. The predicted octanol–water partition coefficient (Wildman–Crippen LogP) is -0.651. The molecule has 7 N–H and O–H groups in total. The Bertz CT molecular complexity index is 661. The number of aliphatic carboxylic acids is 2. The van der Waals surface area contributed by atoms with Crippen LogP contribution in [0.3, 0.4) is 0 Å². The summed E-state index contributed by atoms with van der Waals surface area (Å²) < 4.78 is 0. The molecule has 0 rings (SSSR count). The second kappa shape index (κ2) is 13.9. The molecule has 178 valence electrons. The highest BCUT2D eigenvalue weighted by Crippen LogP contribution is 2.10. The summed E-state index contributed by atoms with van der Waals surface area (Å²) in [6.45, 7) is 7.03. The minimum atomic E-state index is -1.46. The molecule has 0 aromatic rings. The Morgan fingerprint density at radius 1 is 0.839 bits per heavy atom. The van der Waals surface area contributed by atoms with Gasteiger partial charge in [-0.2, -0.15) is 12.6 Å². The van der Waals surface area contributed by atoms with Crippen molar-refractivity contribution in [1.82, 2.24) is 16.0 Å². The SMILES string of the molecule is CCC(C)C(N)C(=O)NC(CC(=O)O)C(=O)NC(C(=O)NC(CS)C(=O)O)C(C)CC. The summed E-state index contributed by atoms with van der Waals surface area (Å²) in [6.07, 6.45) is 0.358. The maximum Gasteiger partial charge on any atom is 0.327 e. The van der Waals surface area contributed by atoms with Crippen LogP contribution in [-0.2, 0) is 24.0 Å². The Morgan fingerprint density at radius 2 is 1.35 bits per heavy atom. The summed E-state index contributed by atoms with van der Waals surface area (Å²) in [4.78, 5) is 60.1. The van der Waals surface area contributed by atoms with E-state index in [0.29, 0.717) is 12.8 Å². The van der Waals surface area contributed by atoms with E-state index < -0.39 is 66.2 Å². The molecular weight excluding hydrogens is 428 g/mol. The van der Waals surface area contributed by atoms with Gasteiger partial charge in [0, 0.05) is 5.75 Å². The van der Waals surface area contributed by atoms with Gasteiger partial charge in [0.1, 0.15) is 18.1 Å². The second-order valence-electron chi connectivity index (χ2n) is 7.52. The Morgan fingerprint density at radius 3 is 1.77 bits per heavy atom. The molecule has 11 nitrogen and oxygen atoms in total. The molecule has 0 aliphatic carbocycles. The first-order chi connectivity index (χ1) is 14.4. The molecule has 0 heterocycles. The molecule has 0 radical (unpaired) electrons. The van der Waals surface area contributed by atoms with Crippen LogP contribution in [0.25, 0.3) is 0 Å². The highest BCUT2D eigenvalue weighted by Gasteiger charge is 2.33. The lowest BCUT2D eigenvalue weighted by Crippen LogP contribution is -2.59. The Labute approximate surface area is 187 Å². The smallest absolute Gasteiger partial charge is 0.327 e. The standard InChI is InChI=1S/C19H34N4O7S/c1-5-9(3)14(20)17(27)21-11(7-13(24)25)16(26)23-15(10(4)6-2)18(28)22-12(8-31)19(29)30/h9-12,14-15,31H,5-8,20H2,1-4H3,(H,21,27)(H,22,28)(H,23,26)(H,24,25)(H,29,30). The number of thiol groups is 1. The molecule has 0 fully saturated rings. The molecule has 0 saturated carbocycles. The first-order valence-electron chi connectivity index (χ1n) is 10.1. The third-order valence-electron chi connectivity index (χ3n) is 5.16. The van der Waals surface area contributed by atoms with Gasteiger partial charge in [0.15, 0.2) is 0 Å². The highest BCUT2D eigenvalue weighted by molar-refractivity contribution is 7.80. The second-order valence-corrected chi connectivity index (χ2v) is 7.89. The van der Waals surface area contributed by atoms with Gasteiger partial charge in [-0.15, -0.1) is 0 Å². The van der Waals surface area contributed by atoms with E-state index >= 15 is 0 Å². The van der Waals surface area contributed by atoms with Crippen molar-refractivity contribution in [2.24, 2.45) is 17.6 Å². The van der Waals surface area contributed by atoms with Crippen LogP contribution in [0.4, 0.5) is 0 Å². The fourth-order valence-corrected chi connectivity index (χ4v) is 2.81. The molecule has 0 spiro atoms. The highest BCUT2D eigenvalue weighted by atomic mass is 32.1. The van der Waals surface area contributed by atoms with Gasteiger partial charge < -0.3 is 31.9 Å². The molecule has 6 unspecified atom stereocenters. The largest absolute Gasteiger partial charge is 0.481 e. The molecule has 6 atom stereocenters. The van der Waals surface area contributed by atoms with Crippen LogP contribution in [-0.4, -0.2) is 69.8 Å². The van der Waals surface area contributed by atoms with Gasteiger partial charge in [-0.1, -0.05) is 40.5 Å². The van der Waals surface area contributed by atoms with Crippen LogP contribution in [0, 0.1) is 11.8 Å². The van der Waals surface area contributed by atoms with Crippen LogP contribution >= 0.6 is 12.6 Å². The average Bonchev–Trinajstić information content (AvgIpc) is 2.72. The molecule has 0 aliphatic rings. The molecule has 3 amide bonds. The molecule has 31 heavy (non-hydrogen) atoms. The lowest BCUT2D eigenvalue weighted by Gasteiger charge is -2.28. The van der Waals surface area contributed by atoms with Gasteiger partial charge in [0.05, 0.1) is 12.5 Å². The molecule has 0 aliphatic heterocycles. The first kappa shape index (κ1) is 28.7. The molecule has 0 aromatic heterocycles. The Kier molecular flexibility index (Phi) is 12.8. The van der Waals surface area contributed by atoms with Crippen molar-refractivity contribution in [3.63, 3.8) is 0 Å². The van der Waals surface area contributed by atoms with Crippen molar-refractivity contribution in [2.75, 3.05) is 5.75 Å². The van der Waals surface area contributed by atoms with Crippen molar-refractivity contribution in [2.45, 2.75) is 71.1 Å². The summed E-state index contributed by atoms with van der Waals surface area (Å²) >= 11 is 3.89. The normalized spacial score (nSPS) is 16.7. The van der Waals surface area contributed by atoms with E-state index in [2.05, 4.69) is 28.6 Å². The fourth-order valence-electron chi connectivity index (χ4n) is 2.57. The predicted molar refractivity (Wildman–Crippen MR) is 116 cm³/mol. The molecular formula is C19H34N4O7S. The number of carboxylic acids is 2. The zero-order valence-electron chi connectivity index (χ0n) is 18.3. The van der Waals surface area contributed by atoms with Gasteiger partial charge in [0.25, 0.3) is 0 Å². The van der Waals surface area contributed by atoms with Crippen LogP contribution < -0.4 is 21.7 Å². The van der Waals surface area contributed by atoms with Crippen LogP contribution in [0.1, 0.15) is 47.0 Å². The topological polar surface area (TPSA) is 188 Å². The van der Waals surface area contributed by atoms with Crippen LogP contribution in [0.2, 0.25) is 0 Å². The number of amides is 3. The summed E-state index contributed by atoms with van der Waals surface area (Å²) in [7, 11) is 0. The fraction of sp³-hybridized carbons (Fsp3) is 0.737. The number of carboxylic acid groups (broad SMARTS) is 2. The van der Waals surface area contributed by atoms with E-state index in [-0.39, 0.29) is 11.7 Å². The number of hydrogen-bond acceptors (Lipinski definition) is 7. The van der Waals surface area contributed by atoms with Crippen molar-refractivity contribution < 1.29 is 34.2 Å². The number of carbonyl (C=O) groups is 5. The van der Waals surface area contributed by atoms with Crippen LogP contribution in [0.15, 0.2) is 0 Å². The lowest BCUT2D eigenvalue weighted by molar-refractivity contribution is -0.143.